The van der Waals surface area contributed by atoms with Crippen LogP contribution in [0.3, 0.4) is 0 Å². The minimum Gasteiger partial charge on any atom is -0.487 e. The maximum Gasteiger partial charge on any atom is 0.230 e. The second-order valence-corrected chi connectivity index (χ2v) is 8.20. The molecule has 25 heavy (non-hydrogen) atoms. The minimum atomic E-state index is -0.295. The number of ether oxygens (including phenoxy) is 1. The lowest BCUT2D eigenvalue weighted by atomic mass is 9.90. The number of hydrogen-bond acceptors (Lipinski definition) is 3. The van der Waals surface area contributed by atoms with Crippen molar-refractivity contribution in [3.63, 3.8) is 0 Å². The molecule has 3 rings (SSSR count). The van der Waals surface area contributed by atoms with Gasteiger partial charge < -0.3 is 10.1 Å². The van der Waals surface area contributed by atoms with Crippen LogP contribution in [0.4, 0.5) is 0 Å². The molecule has 0 saturated heterocycles. The largest absolute Gasteiger partial charge is 0.487 e. The third kappa shape index (κ3) is 4.71. The van der Waals surface area contributed by atoms with Gasteiger partial charge in [-0.25, -0.2) is 0 Å². The number of thioether (sulfide) groups is 1. The van der Waals surface area contributed by atoms with Gasteiger partial charge in [0, 0.05) is 22.8 Å². The molecule has 1 aliphatic rings. The van der Waals surface area contributed by atoms with Crippen molar-refractivity contribution < 1.29 is 9.53 Å². The Hall–Kier alpha value is -1.65. The molecule has 0 aromatic heterocycles. The molecule has 1 heterocycles. The fraction of sp³-hybridized carbons (Fsp3) is 0.350. The quantitative estimate of drug-likeness (QED) is 0.799. The van der Waals surface area contributed by atoms with Gasteiger partial charge in [0.1, 0.15) is 11.4 Å². The summed E-state index contributed by atoms with van der Waals surface area (Å²) < 4.78 is 6.01. The van der Waals surface area contributed by atoms with Gasteiger partial charge in [0.25, 0.3) is 0 Å². The second kappa shape index (κ2) is 7.71. The van der Waals surface area contributed by atoms with Gasteiger partial charge in [0.2, 0.25) is 5.91 Å². The van der Waals surface area contributed by atoms with E-state index in [0.717, 1.165) is 34.1 Å². The molecule has 0 unspecified atom stereocenters. The van der Waals surface area contributed by atoms with Crippen LogP contribution in [0.1, 0.15) is 37.4 Å². The first kappa shape index (κ1) is 18.2. The highest BCUT2D eigenvalue weighted by Gasteiger charge is 2.34. The number of hydrogen-bond donors (Lipinski definition) is 1. The first-order valence-corrected chi connectivity index (χ1v) is 9.86. The monoisotopic (exact) mass is 375 g/mol. The lowest BCUT2D eigenvalue weighted by molar-refractivity contribution is -0.119. The number of amides is 1. The summed E-state index contributed by atoms with van der Waals surface area (Å²) in [5.74, 6) is 2.02. The van der Waals surface area contributed by atoms with Crippen LogP contribution >= 0.6 is 23.4 Å². The standard InChI is InChI=1S/C20H22ClNO2S/c1-20(2)11-17(15-8-4-6-10-18(15)24-20)22-19(23)13-25-12-14-7-3-5-9-16(14)21/h3-10,17H,11-13H2,1-2H3,(H,22,23)/t17-/m0/s1. The second-order valence-electron chi connectivity index (χ2n) is 6.81. The molecule has 3 nitrogen and oxygen atoms in total. The van der Waals surface area contributed by atoms with Gasteiger partial charge in [0.05, 0.1) is 11.8 Å². The Bertz CT molecular complexity index is 763. The number of halogens is 1. The number of benzene rings is 2. The minimum absolute atomic E-state index is 0.0200. The molecule has 1 atom stereocenters. The van der Waals surface area contributed by atoms with E-state index in [1.165, 1.54) is 0 Å². The lowest BCUT2D eigenvalue weighted by Gasteiger charge is -2.37. The molecule has 2 aromatic rings. The molecule has 0 saturated carbocycles. The van der Waals surface area contributed by atoms with Crippen molar-refractivity contribution in [1.29, 1.82) is 0 Å². The third-order valence-corrected chi connectivity index (χ3v) is 5.51. The molecule has 132 valence electrons. The molecule has 1 N–H and O–H groups in total. The molecule has 0 spiro atoms. The van der Waals surface area contributed by atoms with Gasteiger partial charge in [-0.05, 0) is 31.5 Å². The number of carbonyl (C=O) groups excluding carboxylic acids is 1. The van der Waals surface area contributed by atoms with Gasteiger partial charge in [0.15, 0.2) is 0 Å². The van der Waals surface area contributed by atoms with Crippen LogP contribution in [0.15, 0.2) is 48.5 Å². The molecule has 0 bridgehead atoms. The van der Waals surface area contributed by atoms with Crippen LogP contribution in [-0.4, -0.2) is 17.3 Å². The first-order chi connectivity index (χ1) is 11.9. The average Bonchev–Trinajstić information content (AvgIpc) is 2.55. The summed E-state index contributed by atoms with van der Waals surface area (Å²) in [6, 6.07) is 15.6. The van der Waals surface area contributed by atoms with E-state index in [9.17, 15) is 4.79 Å². The number of fused-ring (bicyclic) bond motifs is 1. The molecule has 0 aliphatic carbocycles. The van der Waals surface area contributed by atoms with Gasteiger partial charge in [-0.15, -0.1) is 11.8 Å². The van der Waals surface area contributed by atoms with E-state index in [1.54, 1.807) is 11.8 Å². The summed E-state index contributed by atoms with van der Waals surface area (Å²) in [6.45, 7) is 4.10. The summed E-state index contributed by atoms with van der Waals surface area (Å²) in [4.78, 5) is 12.4. The van der Waals surface area contributed by atoms with Gasteiger partial charge in [-0.3, -0.25) is 4.79 Å². The number of nitrogens with one attached hydrogen (secondary N) is 1. The van der Waals surface area contributed by atoms with Crippen molar-refractivity contribution in [3.8, 4) is 5.75 Å². The number of rotatable bonds is 5. The smallest absolute Gasteiger partial charge is 0.230 e. The van der Waals surface area contributed by atoms with Crippen LogP contribution in [0.5, 0.6) is 5.75 Å². The van der Waals surface area contributed by atoms with Gasteiger partial charge in [-0.2, -0.15) is 0 Å². The van der Waals surface area contributed by atoms with Gasteiger partial charge in [-0.1, -0.05) is 48.0 Å². The maximum absolute atomic E-state index is 12.4. The van der Waals surface area contributed by atoms with Crippen molar-refractivity contribution >= 4 is 29.3 Å². The maximum atomic E-state index is 12.4. The Morgan fingerprint density at radius 3 is 2.76 bits per heavy atom. The van der Waals surface area contributed by atoms with E-state index < -0.39 is 0 Å². The molecule has 1 aliphatic heterocycles. The molecule has 1 amide bonds. The molecule has 0 fully saturated rings. The topological polar surface area (TPSA) is 38.3 Å². The van der Waals surface area contributed by atoms with E-state index in [4.69, 9.17) is 16.3 Å². The molecular formula is C20H22ClNO2S. The number of carbonyl (C=O) groups is 1. The zero-order valence-corrected chi connectivity index (χ0v) is 16.0. The van der Waals surface area contributed by atoms with E-state index in [1.807, 2.05) is 62.4 Å². The predicted octanol–water partition coefficient (Wildman–Crippen LogP) is 4.99. The van der Waals surface area contributed by atoms with Crippen molar-refractivity contribution in [1.82, 2.24) is 5.32 Å². The first-order valence-electron chi connectivity index (χ1n) is 8.33. The van der Waals surface area contributed by atoms with E-state index in [0.29, 0.717) is 5.75 Å². The van der Waals surface area contributed by atoms with Crippen LogP contribution in [-0.2, 0) is 10.5 Å². The molecule has 5 heteroatoms. The summed E-state index contributed by atoms with van der Waals surface area (Å²) in [7, 11) is 0. The van der Waals surface area contributed by atoms with E-state index in [2.05, 4.69) is 5.32 Å². The van der Waals surface area contributed by atoms with Crippen LogP contribution in [0.25, 0.3) is 0 Å². The average molecular weight is 376 g/mol. The zero-order valence-electron chi connectivity index (χ0n) is 14.4. The predicted molar refractivity (Wildman–Crippen MR) is 104 cm³/mol. The highest BCUT2D eigenvalue weighted by atomic mass is 35.5. The van der Waals surface area contributed by atoms with Crippen molar-refractivity contribution in [2.24, 2.45) is 0 Å². The fourth-order valence-electron chi connectivity index (χ4n) is 3.04. The van der Waals surface area contributed by atoms with Crippen molar-refractivity contribution in [3.05, 3.63) is 64.7 Å². The summed E-state index contributed by atoms with van der Waals surface area (Å²) >= 11 is 7.73. The molecule has 0 radical (unpaired) electrons. The van der Waals surface area contributed by atoms with E-state index in [-0.39, 0.29) is 17.6 Å². The fourth-order valence-corrected chi connectivity index (χ4v) is 4.16. The third-order valence-electron chi connectivity index (χ3n) is 4.16. The summed E-state index contributed by atoms with van der Waals surface area (Å²) in [5, 5.41) is 3.90. The summed E-state index contributed by atoms with van der Waals surface area (Å²) in [6.07, 6.45) is 0.755. The van der Waals surface area contributed by atoms with Crippen molar-refractivity contribution in [2.75, 3.05) is 5.75 Å². The zero-order chi connectivity index (χ0) is 17.9. The van der Waals surface area contributed by atoms with E-state index >= 15 is 0 Å². The van der Waals surface area contributed by atoms with Crippen molar-refractivity contribution in [2.45, 2.75) is 37.7 Å². The molecular weight excluding hydrogens is 354 g/mol. The highest BCUT2D eigenvalue weighted by Crippen LogP contribution is 2.39. The highest BCUT2D eigenvalue weighted by molar-refractivity contribution is 7.99. The van der Waals surface area contributed by atoms with Gasteiger partial charge >= 0.3 is 0 Å². The normalized spacial score (nSPS) is 18.1. The Morgan fingerprint density at radius 1 is 1.24 bits per heavy atom. The lowest BCUT2D eigenvalue weighted by Crippen LogP contribution is -2.41. The van der Waals surface area contributed by atoms with Crippen LogP contribution < -0.4 is 10.1 Å². The Labute approximate surface area is 158 Å². The van der Waals surface area contributed by atoms with Crippen LogP contribution in [0, 0.1) is 0 Å². The summed E-state index contributed by atoms with van der Waals surface area (Å²) in [5.41, 5.74) is 1.81. The Balaban J connectivity index is 1.58. The number of para-hydroxylation sites is 1. The Kier molecular flexibility index (Phi) is 5.60. The van der Waals surface area contributed by atoms with Crippen LogP contribution in [0.2, 0.25) is 5.02 Å². The SMILES string of the molecule is CC1(C)C[C@H](NC(=O)CSCc2ccccc2Cl)c2ccccc2O1. The molecule has 2 aromatic carbocycles. The Morgan fingerprint density at radius 2 is 1.96 bits per heavy atom.